The summed E-state index contributed by atoms with van der Waals surface area (Å²) in [6, 6.07) is -1.84. The molecule has 0 saturated carbocycles. The fourth-order valence-corrected chi connectivity index (χ4v) is 6.72. The SMILES string of the molecule is CCC(C)N(CC(N)=O)C(=O)CN(C(=O)CN(CC(C)O)C(=O)CN(CC(C)O)C(=O)CN(C(=O)CN(C(=O)CN(CC(C)O)C(=O)CNCC(C)O)C(C)CC)C(C)CC)C(C)CC. The van der Waals surface area contributed by atoms with Crippen LogP contribution in [0.3, 0.4) is 0 Å². The van der Waals surface area contributed by atoms with Crippen LogP contribution in [-0.2, 0) is 38.4 Å². The van der Waals surface area contributed by atoms with Crippen molar-refractivity contribution in [3.8, 4) is 0 Å². The smallest absolute Gasteiger partial charge is 0.242 e. The number of primary amides is 1. The van der Waals surface area contributed by atoms with Gasteiger partial charge in [-0.05, 0) is 81.1 Å². The molecule has 0 heterocycles. The van der Waals surface area contributed by atoms with Crippen LogP contribution in [0.4, 0.5) is 0 Å². The van der Waals surface area contributed by atoms with Crippen molar-refractivity contribution < 1.29 is 58.8 Å². The van der Waals surface area contributed by atoms with E-state index in [2.05, 4.69) is 5.32 Å². The normalized spacial score (nSPS) is 15.0. The maximum atomic E-state index is 14.2. The van der Waals surface area contributed by atoms with Gasteiger partial charge in [0, 0.05) is 50.3 Å². The topological polar surface area (TPSA) is 278 Å². The Morgan fingerprint density at radius 2 is 0.662 bits per heavy atom. The van der Waals surface area contributed by atoms with Gasteiger partial charge in [0.2, 0.25) is 47.3 Å². The van der Waals surface area contributed by atoms with Gasteiger partial charge >= 0.3 is 0 Å². The molecule has 0 fully saturated rings. The van der Waals surface area contributed by atoms with Crippen LogP contribution in [-0.4, -0.2) is 229 Å². The van der Waals surface area contributed by atoms with Gasteiger partial charge < -0.3 is 65.8 Å². The fourth-order valence-electron chi connectivity index (χ4n) is 6.72. The predicted molar refractivity (Wildman–Crippen MR) is 244 cm³/mol. The van der Waals surface area contributed by atoms with Gasteiger partial charge in [-0.25, -0.2) is 0 Å². The highest BCUT2D eigenvalue weighted by Gasteiger charge is 2.34. The van der Waals surface area contributed by atoms with E-state index in [0.29, 0.717) is 25.7 Å². The van der Waals surface area contributed by atoms with Crippen molar-refractivity contribution in [3.63, 3.8) is 0 Å². The van der Waals surface area contributed by atoms with Crippen molar-refractivity contribution >= 4 is 47.3 Å². The lowest BCUT2D eigenvalue weighted by molar-refractivity contribution is -0.151. The summed E-state index contributed by atoms with van der Waals surface area (Å²) < 4.78 is 0. The molecule has 0 saturated heterocycles. The number of hydrogen-bond acceptors (Lipinski definition) is 13. The summed E-state index contributed by atoms with van der Waals surface area (Å²) >= 11 is 0. The molecule has 7 N–H and O–H groups in total. The number of carbonyl (C=O) groups excluding carboxylic acids is 8. The first-order valence-electron chi connectivity index (χ1n) is 23.0. The lowest BCUT2D eigenvalue weighted by Gasteiger charge is -2.36. The second-order valence-electron chi connectivity index (χ2n) is 17.4. The van der Waals surface area contributed by atoms with E-state index in [1.54, 1.807) is 41.5 Å². The van der Waals surface area contributed by atoms with E-state index < -0.39 is 129 Å². The van der Waals surface area contributed by atoms with Gasteiger partial charge in [0.05, 0.1) is 57.1 Å². The number of carbonyl (C=O) groups is 8. The molecule has 0 radical (unpaired) electrons. The summed E-state index contributed by atoms with van der Waals surface area (Å²) in [4.78, 5) is 117. The third kappa shape index (κ3) is 22.5. The maximum absolute atomic E-state index is 14.2. The van der Waals surface area contributed by atoms with Crippen molar-refractivity contribution in [3.05, 3.63) is 0 Å². The van der Waals surface area contributed by atoms with E-state index in [-0.39, 0.29) is 45.3 Å². The van der Waals surface area contributed by atoms with Crippen LogP contribution in [0.2, 0.25) is 0 Å². The summed E-state index contributed by atoms with van der Waals surface area (Å²) in [7, 11) is 0. The Kier molecular flexibility index (Phi) is 28.6. The van der Waals surface area contributed by atoms with Crippen molar-refractivity contribution in [1.29, 1.82) is 0 Å². The highest BCUT2D eigenvalue weighted by molar-refractivity contribution is 5.93. The summed E-state index contributed by atoms with van der Waals surface area (Å²) in [5.41, 5.74) is 5.42. The van der Waals surface area contributed by atoms with E-state index in [0.717, 1.165) is 9.80 Å². The first-order chi connectivity index (χ1) is 30.2. The predicted octanol–water partition coefficient (Wildman–Crippen LogP) is -1.42. The summed E-state index contributed by atoms with van der Waals surface area (Å²) in [5.74, 6) is -5.01. The Hall–Kier alpha value is -4.44. The molecule has 0 spiro atoms. The van der Waals surface area contributed by atoms with Gasteiger partial charge in [-0.3, -0.25) is 38.4 Å². The Morgan fingerprint density at radius 3 is 0.954 bits per heavy atom. The minimum Gasteiger partial charge on any atom is -0.392 e. The number of hydrogen-bond donors (Lipinski definition) is 6. The van der Waals surface area contributed by atoms with Gasteiger partial charge in [0.15, 0.2) is 0 Å². The molecular weight excluding hydrogens is 847 g/mol. The van der Waals surface area contributed by atoms with Gasteiger partial charge in [-0.15, -0.1) is 0 Å². The van der Waals surface area contributed by atoms with Crippen LogP contribution < -0.4 is 11.1 Å². The van der Waals surface area contributed by atoms with E-state index in [1.807, 2.05) is 20.8 Å². The van der Waals surface area contributed by atoms with E-state index in [1.165, 1.54) is 45.3 Å². The van der Waals surface area contributed by atoms with Crippen molar-refractivity contribution in [2.75, 3.05) is 78.5 Å². The third-order valence-electron chi connectivity index (χ3n) is 11.2. The quantitative estimate of drug-likeness (QED) is 0.0453. The van der Waals surface area contributed by atoms with Crippen LogP contribution >= 0.6 is 0 Å². The molecule has 8 amide bonds. The minimum absolute atomic E-state index is 0.127. The molecule has 8 unspecified atom stereocenters. The molecule has 0 aliphatic carbocycles. The first kappa shape index (κ1) is 60.6. The molecule has 0 rings (SSSR count). The maximum Gasteiger partial charge on any atom is 0.242 e. The van der Waals surface area contributed by atoms with Crippen LogP contribution in [0, 0.1) is 0 Å². The molecule has 0 aliphatic rings. The van der Waals surface area contributed by atoms with Crippen LogP contribution in [0.1, 0.15) is 109 Å². The molecule has 0 aromatic carbocycles. The molecule has 21 nitrogen and oxygen atoms in total. The first-order valence-corrected chi connectivity index (χ1v) is 23.0. The average molecular weight is 930 g/mol. The molecular formula is C44H83N9O12. The lowest BCUT2D eigenvalue weighted by atomic mass is 10.1. The highest BCUT2D eigenvalue weighted by atomic mass is 16.3. The number of aliphatic hydroxyl groups is 4. The number of nitrogens with zero attached hydrogens (tertiary/aromatic N) is 7. The van der Waals surface area contributed by atoms with Crippen molar-refractivity contribution in [2.45, 2.75) is 157 Å². The second kappa shape index (κ2) is 30.7. The zero-order chi connectivity index (χ0) is 50.3. The molecule has 0 aromatic heterocycles. The Labute approximate surface area is 386 Å². The Balaban J connectivity index is 6.59. The summed E-state index contributed by atoms with van der Waals surface area (Å²) in [6.45, 7) is 15.7. The number of amides is 8. The molecule has 0 aromatic rings. The van der Waals surface area contributed by atoms with Crippen LogP contribution in [0.25, 0.3) is 0 Å². The molecule has 0 bridgehead atoms. The van der Waals surface area contributed by atoms with E-state index >= 15 is 0 Å². The van der Waals surface area contributed by atoms with Crippen LogP contribution in [0.15, 0.2) is 0 Å². The zero-order valence-electron chi connectivity index (χ0n) is 41.2. The molecule has 8 atom stereocenters. The van der Waals surface area contributed by atoms with Crippen molar-refractivity contribution in [2.24, 2.45) is 5.73 Å². The van der Waals surface area contributed by atoms with Gasteiger partial charge in [0.1, 0.15) is 19.6 Å². The zero-order valence-corrected chi connectivity index (χ0v) is 41.2. The number of rotatable bonds is 32. The fraction of sp³-hybridized carbons (Fsp3) is 0.818. The molecule has 21 heteroatoms. The van der Waals surface area contributed by atoms with Gasteiger partial charge in [0.25, 0.3) is 0 Å². The second-order valence-corrected chi connectivity index (χ2v) is 17.4. The number of nitrogens with one attached hydrogen (secondary N) is 1. The largest absolute Gasteiger partial charge is 0.392 e. The standard InChI is InChI=1S/C44H83N9O12/c1-13-29(5)50(22-37(45)58)43(64)27-52(31(7)15-3)42(63)25-49(21-36(12)57)39(60)23-48(20-35(11)56)40(61)26-51(30(6)14-2)44(65)28-53(32(8)16-4)41(62)24-47(19-34(10)55)38(59)18-46-17-33(9)54/h29-36,46,54-57H,13-28H2,1-12H3,(H2,45,58). The van der Waals surface area contributed by atoms with E-state index in [4.69, 9.17) is 5.73 Å². The van der Waals surface area contributed by atoms with Gasteiger partial charge in [-0.2, -0.15) is 0 Å². The number of nitrogens with two attached hydrogens (primary N) is 1. The summed E-state index contributed by atoms with van der Waals surface area (Å²) in [6.07, 6.45) is -2.12. The van der Waals surface area contributed by atoms with Crippen LogP contribution in [0.5, 0.6) is 0 Å². The highest BCUT2D eigenvalue weighted by Crippen LogP contribution is 2.14. The van der Waals surface area contributed by atoms with E-state index in [9.17, 15) is 58.8 Å². The lowest BCUT2D eigenvalue weighted by Crippen LogP contribution is -2.56. The Morgan fingerprint density at radius 1 is 0.400 bits per heavy atom. The van der Waals surface area contributed by atoms with Crippen molar-refractivity contribution in [1.82, 2.24) is 39.6 Å². The monoisotopic (exact) mass is 930 g/mol. The van der Waals surface area contributed by atoms with Gasteiger partial charge in [-0.1, -0.05) is 27.7 Å². The molecule has 65 heavy (non-hydrogen) atoms. The summed E-state index contributed by atoms with van der Waals surface area (Å²) in [5, 5.41) is 43.4. The number of aliphatic hydroxyl groups excluding tert-OH is 4. The average Bonchev–Trinajstić information content (AvgIpc) is 3.22. The third-order valence-corrected chi connectivity index (χ3v) is 11.2. The minimum atomic E-state index is -1.12. The molecule has 0 aliphatic heterocycles. The Bertz CT molecular complexity index is 1530. The molecule has 376 valence electrons.